The van der Waals surface area contributed by atoms with Gasteiger partial charge < -0.3 is 9.58 Å². The number of aromatic nitrogens is 5. The average Bonchev–Trinajstić information content (AvgIpc) is 3.30. The van der Waals surface area contributed by atoms with E-state index in [1.807, 2.05) is 25.3 Å². The Bertz CT molecular complexity index is 1310. The molecule has 9 heteroatoms. The minimum Gasteiger partial charge on any atom is -0.362 e. The molecule has 0 N–H and O–H groups in total. The van der Waals surface area contributed by atoms with Crippen LogP contribution in [0.3, 0.4) is 0 Å². The van der Waals surface area contributed by atoms with Gasteiger partial charge in [-0.05, 0) is 31.2 Å². The molecule has 0 amide bonds. The van der Waals surface area contributed by atoms with Gasteiger partial charge in [-0.2, -0.15) is 9.49 Å². The number of ether oxygens (including phenoxy) is 1. The summed E-state index contributed by atoms with van der Waals surface area (Å²) in [5.74, 6) is -0.139. The van der Waals surface area contributed by atoms with Crippen molar-refractivity contribution in [1.82, 2.24) is 24.1 Å². The average molecular weight is 449 g/mol. The largest absolute Gasteiger partial charge is 0.362 e. The van der Waals surface area contributed by atoms with Crippen LogP contribution in [0.25, 0.3) is 33.0 Å². The summed E-state index contributed by atoms with van der Waals surface area (Å²) in [5.41, 5.74) is 4.24. The third kappa shape index (κ3) is 4.47. The molecule has 0 aliphatic rings. The predicted molar refractivity (Wildman–Crippen MR) is 125 cm³/mol. The summed E-state index contributed by atoms with van der Waals surface area (Å²) < 4.78 is 23.4. The second-order valence-electron chi connectivity index (χ2n) is 8.88. The fourth-order valence-electron chi connectivity index (χ4n) is 3.46. The first kappa shape index (κ1) is 21.9. The van der Waals surface area contributed by atoms with Gasteiger partial charge in [-0.3, -0.25) is 0 Å². The maximum Gasteiger partial charge on any atom is 0.254 e. The number of halogens is 1. The van der Waals surface area contributed by atoms with E-state index in [0.717, 1.165) is 22.9 Å². The molecule has 4 heterocycles. The topological polar surface area (TPSA) is 61.6 Å². The number of rotatable bonds is 7. The summed E-state index contributed by atoms with van der Waals surface area (Å²) in [6.07, 6.45) is 3.41. The number of pyridine rings is 2. The van der Waals surface area contributed by atoms with Crippen LogP contribution >= 0.6 is 0 Å². The molecule has 0 fully saturated rings. The molecular weight excluding hydrogens is 423 g/mol. The lowest BCUT2D eigenvalue weighted by atomic mass is 10.0. The summed E-state index contributed by atoms with van der Waals surface area (Å²) in [5, 5.41) is 4.73. The minimum atomic E-state index is -1.19. The van der Waals surface area contributed by atoms with Crippen molar-refractivity contribution in [2.24, 2.45) is 0 Å². The van der Waals surface area contributed by atoms with Crippen LogP contribution in [0.4, 0.5) is 10.2 Å². The highest BCUT2D eigenvalue weighted by Gasteiger charge is 2.21. The van der Waals surface area contributed by atoms with Crippen LogP contribution < -0.4 is 0 Å². The molecular formula is C23H25FN6OSi. The second kappa shape index (κ2) is 8.65. The van der Waals surface area contributed by atoms with Crippen LogP contribution in [0.1, 0.15) is 5.69 Å². The summed E-state index contributed by atoms with van der Waals surface area (Å²) in [4.78, 5) is 11.9. The van der Waals surface area contributed by atoms with Gasteiger partial charge in [-0.1, -0.05) is 32.3 Å². The molecule has 0 saturated carbocycles. The number of imidazole rings is 1. The lowest BCUT2D eigenvalue weighted by Crippen LogP contribution is -2.22. The van der Waals surface area contributed by atoms with Crippen LogP contribution in [-0.2, 0) is 11.5 Å². The summed E-state index contributed by atoms with van der Waals surface area (Å²) in [6, 6.07) is 9.52. The molecule has 32 heavy (non-hydrogen) atoms. The Morgan fingerprint density at radius 1 is 1.19 bits per heavy atom. The highest BCUT2D eigenvalue weighted by atomic mass is 28.3. The van der Waals surface area contributed by atoms with Crippen molar-refractivity contribution in [3.05, 3.63) is 65.8 Å². The Hall–Kier alpha value is -3.35. The summed E-state index contributed by atoms with van der Waals surface area (Å²) in [6.45, 7) is 17.3. The molecule has 0 aliphatic heterocycles. The van der Waals surface area contributed by atoms with Crippen molar-refractivity contribution in [2.75, 3.05) is 6.61 Å². The van der Waals surface area contributed by atoms with Gasteiger partial charge in [0.2, 0.25) is 11.6 Å². The van der Waals surface area contributed by atoms with Gasteiger partial charge in [0.05, 0.1) is 18.1 Å². The molecule has 0 aliphatic carbocycles. The van der Waals surface area contributed by atoms with Gasteiger partial charge in [-0.15, -0.1) is 0 Å². The van der Waals surface area contributed by atoms with E-state index in [1.165, 1.54) is 6.07 Å². The standard InChI is InChI=1S/C23H25FN6OSi/c1-16-22(17-9-10-20-26-13-21(25-2)29(20)14-17)23(18-7-6-8-19(24)27-18)28-30(16)15-31-11-12-32(3,4)5/h6-10,13-14H,11-12,15H2,1,3-5H3. The summed E-state index contributed by atoms with van der Waals surface area (Å²) >= 11 is 0. The van der Waals surface area contributed by atoms with Crippen LogP contribution in [0.5, 0.6) is 0 Å². The fourth-order valence-corrected chi connectivity index (χ4v) is 4.22. The van der Waals surface area contributed by atoms with Gasteiger partial charge in [0, 0.05) is 37.6 Å². The molecule has 0 saturated heterocycles. The first-order chi connectivity index (χ1) is 15.3. The van der Waals surface area contributed by atoms with E-state index in [0.29, 0.717) is 36.2 Å². The number of fused-ring (bicyclic) bond motifs is 1. The lowest BCUT2D eigenvalue weighted by Gasteiger charge is -2.15. The maximum absolute atomic E-state index is 13.9. The highest BCUT2D eigenvalue weighted by molar-refractivity contribution is 6.76. The number of hydrogen-bond donors (Lipinski definition) is 0. The quantitative estimate of drug-likeness (QED) is 0.160. The van der Waals surface area contributed by atoms with Crippen LogP contribution in [0.2, 0.25) is 25.7 Å². The molecule has 164 valence electrons. The van der Waals surface area contributed by atoms with Gasteiger partial charge in [0.15, 0.2) is 0 Å². The molecule has 4 aromatic heterocycles. The van der Waals surface area contributed by atoms with Crippen molar-refractivity contribution >= 4 is 19.5 Å². The van der Waals surface area contributed by atoms with E-state index in [-0.39, 0.29) is 0 Å². The van der Waals surface area contributed by atoms with Crippen LogP contribution in [-0.4, -0.2) is 38.8 Å². The Morgan fingerprint density at radius 2 is 2.00 bits per heavy atom. The summed E-state index contributed by atoms with van der Waals surface area (Å²) in [7, 11) is -1.19. The Morgan fingerprint density at radius 3 is 2.72 bits per heavy atom. The first-order valence-electron chi connectivity index (χ1n) is 10.4. The van der Waals surface area contributed by atoms with Crippen molar-refractivity contribution in [3.63, 3.8) is 0 Å². The van der Waals surface area contributed by atoms with E-state index in [4.69, 9.17) is 16.4 Å². The van der Waals surface area contributed by atoms with Gasteiger partial charge in [-0.25, -0.2) is 19.1 Å². The van der Waals surface area contributed by atoms with E-state index in [1.54, 1.807) is 27.4 Å². The molecule has 0 spiro atoms. The molecule has 7 nitrogen and oxygen atoms in total. The molecule has 0 atom stereocenters. The highest BCUT2D eigenvalue weighted by Crippen LogP contribution is 2.34. The Kier molecular flexibility index (Phi) is 5.91. The van der Waals surface area contributed by atoms with Gasteiger partial charge >= 0.3 is 0 Å². The molecule has 4 rings (SSSR count). The predicted octanol–water partition coefficient (Wildman–Crippen LogP) is 5.57. The molecule has 0 aromatic carbocycles. The number of nitrogens with zero attached hydrogens (tertiary/aromatic N) is 6. The van der Waals surface area contributed by atoms with E-state index >= 15 is 0 Å². The van der Waals surface area contributed by atoms with Crippen molar-refractivity contribution in [3.8, 4) is 22.5 Å². The molecule has 0 bridgehead atoms. The normalized spacial score (nSPS) is 11.8. The Labute approximate surface area is 187 Å². The third-order valence-corrected chi connectivity index (χ3v) is 6.97. The zero-order valence-corrected chi connectivity index (χ0v) is 19.6. The maximum atomic E-state index is 13.9. The third-order valence-electron chi connectivity index (χ3n) is 5.26. The first-order valence-corrected chi connectivity index (χ1v) is 14.1. The van der Waals surface area contributed by atoms with E-state index in [9.17, 15) is 4.39 Å². The van der Waals surface area contributed by atoms with Crippen LogP contribution in [0, 0.1) is 19.4 Å². The van der Waals surface area contributed by atoms with Crippen LogP contribution in [0.15, 0.2) is 42.7 Å². The number of hydrogen-bond acceptors (Lipinski definition) is 4. The molecule has 4 aromatic rings. The van der Waals surface area contributed by atoms with Crippen molar-refractivity contribution < 1.29 is 9.13 Å². The zero-order chi connectivity index (χ0) is 22.9. The molecule has 0 radical (unpaired) electrons. The van der Waals surface area contributed by atoms with E-state index < -0.39 is 14.0 Å². The van der Waals surface area contributed by atoms with E-state index in [2.05, 4.69) is 34.5 Å². The van der Waals surface area contributed by atoms with Crippen molar-refractivity contribution in [2.45, 2.75) is 39.3 Å². The van der Waals surface area contributed by atoms with Gasteiger partial charge in [0.1, 0.15) is 12.4 Å². The monoisotopic (exact) mass is 448 g/mol. The SMILES string of the molecule is [C-]#[N+]c1cnc2ccc(-c3c(-c4cccc(F)n4)nn(COCC[Si](C)(C)C)c3C)cn12. The van der Waals surface area contributed by atoms with Crippen molar-refractivity contribution in [1.29, 1.82) is 0 Å². The Balaban J connectivity index is 1.78. The minimum absolute atomic E-state index is 0.305. The zero-order valence-electron chi connectivity index (χ0n) is 18.6. The van der Waals surface area contributed by atoms with Gasteiger partial charge in [0.25, 0.3) is 5.82 Å². The molecule has 0 unspecified atom stereocenters. The fraction of sp³-hybridized carbons (Fsp3) is 0.304. The lowest BCUT2D eigenvalue weighted by molar-refractivity contribution is 0.0773. The smallest absolute Gasteiger partial charge is 0.254 e. The second-order valence-corrected chi connectivity index (χ2v) is 14.5.